The number of carbonyl (C=O) groups is 2. The van der Waals surface area contributed by atoms with Gasteiger partial charge < -0.3 is 10.1 Å². The van der Waals surface area contributed by atoms with Gasteiger partial charge in [0.2, 0.25) is 0 Å². The smallest absolute Gasteiger partial charge is 0.416 e. The number of likely N-dealkylation sites (tertiary alicyclic amines) is 1. The van der Waals surface area contributed by atoms with Crippen LogP contribution < -0.4 is 5.32 Å². The largest absolute Gasteiger partial charge is 0.449 e. The molecule has 0 bridgehead atoms. The minimum absolute atomic E-state index is 0.223. The number of nitrogens with zero attached hydrogens (tertiary/aromatic N) is 1. The molecule has 0 aromatic rings. The van der Waals surface area contributed by atoms with Crippen molar-refractivity contribution in [1.29, 1.82) is 0 Å². The highest BCUT2D eigenvalue weighted by molar-refractivity contribution is 5.95. The first-order valence-electron chi connectivity index (χ1n) is 5.31. The number of ether oxygens (including phenoxy) is 1. The van der Waals surface area contributed by atoms with E-state index in [1.165, 1.54) is 6.41 Å². The van der Waals surface area contributed by atoms with Crippen molar-refractivity contribution in [3.8, 4) is 0 Å². The maximum atomic E-state index is 11.8. The van der Waals surface area contributed by atoms with E-state index < -0.39 is 18.0 Å². The molecule has 1 aliphatic heterocycles. The summed E-state index contributed by atoms with van der Waals surface area (Å²) < 4.78 is 4.77. The lowest BCUT2D eigenvalue weighted by molar-refractivity contribution is -0.130. The second kappa shape index (κ2) is 6.09. The number of hydrogen-bond donors (Lipinski definition) is 1. The fourth-order valence-electron chi connectivity index (χ4n) is 1.63. The molecular weight excluding hydrogens is 212 g/mol. The first-order valence-corrected chi connectivity index (χ1v) is 5.31. The highest BCUT2D eigenvalue weighted by Crippen LogP contribution is 2.13. The molecule has 1 aliphatic rings. The molecule has 0 saturated carbocycles. The van der Waals surface area contributed by atoms with Crippen LogP contribution in [0.5, 0.6) is 0 Å². The van der Waals surface area contributed by atoms with Crippen LogP contribution in [0.25, 0.3) is 0 Å². The molecule has 16 heavy (non-hydrogen) atoms. The molecule has 1 saturated heterocycles. The Labute approximate surface area is 93.9 Å². The van der Waals surface area contributed by atoms with Gasteiger partial charge in [0.25, 0.3) is 5.91 Å². The molecule has 1 atom stereocenters. The van der Waals surface area contributed by atoms with Crippen LogP contribution in [0.15, 0.2) is 0 Å². The summed E-state index contributed by atoms with van der Waals surface area (Å²) in [6.45, 7) is 2.24. The third kappa shape index (κ3) is 2.95. The number of carbonyl (C=O) groups excluding carboxylic acids is 3. The van der Waals surface area contributed by atoms with Crippen molar-refractivity contribution < 1.29 is 19.1 Å². The molecule has 1 fully saturated rings. The van der Waals surface area contributed by atoms with E-state index in [9.17, 15) is 14.4 Å². The standard InChI is InChI=1S/C10H15N2O4/c1-2-16-10(15)12-6-4-3-5-8(9(12)14)11-7-13/h8H,2-6H2,1H3,(H,11,13)/t8-/m0/s1. The molecule has 0 spiro atoms. The Morgan fingerprint density at radius 2 is 2.38 bits per heavy atom. The number of imide groups is 1. The lowest BCUT2D eigenvalue weighted by Gasteiger charge is -2.20. The fourth-order valence-corrected chi connectivity index (χ4v) is 1.63. The van der Waals surface area contributed by atoms with Crippen LogP contribution in [0.3, 0.4) is 0 Å². The maximum absolute atomic E-state index is 11.8. The Bertz CT molecular complexity index is 280. The molecule has 0 aromatic carbocycles. The van der Waals surface area contributed by atoms with Gasteiger partial charge in [-0.2, -0.15) is 0 Å². The molecule has 89 valence electrons. The second-order valence-corrected chi connectivity index (χ2v) is 3.48. The van der Waals surface area contributed by atoms with Gasteiger partial charge in [0.15, 0.2) is 0 Å². The monoisotopic (exact) mass is 227 g/mol. The van der Waals surface area contributed by atoms with E-state index in [0.717, 1.165) is 17.7 Å². The van der Waals surface area contributed by atoms with E-state index in [4.69, 9.17) is 4.74 Å². The lowest BCUT2D eigenvalue weighted by Crippen LogP contribution is -2.47. The summed E-state index contributed by atoms with van der Waals surface area (Å²) in [6, 6.07) is -0.663. The van der Waals surface area contributed by atoms with E-state index in [1.807, 2.05) is 0 Å². The quantitative estimate of drug-likeness (QED) is 0.698. The highest BCUT2D eigenvalue weighted by atomic mass is 16.6. The number of nitrogens with one attached hydrogen (secondary N) is 1. The zero-order valence-electron chi connectivity index (χ0n) is 9.19. The Kier molecular flexibility index (Phi) is 4.75. The molecule has 1 N–H and O–H groups in total. The summed E-state index contributed by atoms with van der Waals surface area (Å²) in [5, 5.41) is 2.30. The van der Waals surface area contributed by atoms with Gasteiger partial charge >= 0.3 is 12.5 Å². The Hall–Kier alpha value is -1.59. The average Bonchev–Trinajstić information content (AvgIpc) is 2.43. The predicted molar refractivity (Wildman–Crippen MR) is 55.2 cm³/mol. The minimum Gasteiger partial charge on any atom is -0.449 e. The van der Waals surface area contributed by atoms with E-state index in [2.05, 4.69) is 5.32 Å². The van der Waals surface area contributed by atoms with Crippen LogP contribution in [-0.4, -0.2) is 42.5 Å². The van der Waals surface area contributed by atoms with Crippen LogP contribution in [-0.2, 0) is 14.3 Å². The summed E-state index contributed by atoms with van der Waals surface area (Å²) >= 11 is 0. The number of amides is 3. The minimum atomic E-state index is -0.663. The second-order valence-electron chi connectivity index (χ2n) is 3.48. The molecule has 0 aromatic heterocycles. The van der Waals surface area contributed by atoms with Gasteiger partial charge in [-0.1, -0.05) is 0 Å². The third-order valence-electron chi connectivity index (χ3n) is 2.41. The van der Waals surface area contributed by atoms with Crippen LogP contribution in [0, 0.1) is 0 Å². The SMILES string of the molecule is CCOC(=O)N1CCCC[C@H](N[C]=O)C1=O. The van der Waals surface area contributed by atoms with Crippen molar-refractivity contribution in [3.63, 3.8) is 0 Å². The predicted octanol–water partition coefficient (Wildman–Crippen LogP) is 0.181. The number of rotatable bonds is 3. The molecular formula is C10H15N2O4. The summed E-state index contributed by atoms with van der Waals surface area (Å²) in [7, 11) is 0. The Balaban J connectivity index is 2.70. The van der Waals surface area contributed by atoms with Crippen molar-refractivity contribution in [2.24, 2.45) is 0 Å². The van der Waals surface area contributed by atoms with Crippen LogP contribution >= 0.6 is 0 Å². The van der Waals surface area contributed by atoms with Crippen molar-refractivity contribution in [2.45, 2.75) is 32.2 Å². The Morgan fingerprint density at radius 3 is 3.00 bits per heavy atom. The molecule has 1 radical (unpaired) electrons. The molecule has 3 amide bonds. The van der Waals surface area contributed by atoms with Gasteiger partial charge in [-0.05, 0) is 26.2 Å². The van der Waals surface area contributed by atoms with Gasteiger partial charge in [0.05, 0.1) is 6.61 Å². The zero-order valence-corrected chi connectivity index (χ0v) is 9.19. The van der Waals surface area contributed by atoms with Crippen LogP contribution in [0.1, 0.15) is 26.2 Å². The van der Waals surface area contributed by atoms with E-state index in [0.29, 0.717) is 13.0 Å². The lowest BCUT2D eigenvalue weighted by atomic mass is 10.1. The topological polar surface area (TPSA) is 75.7 Å². The van der Waals surface area contributed by atoms with Crippen molar-refractivity contribution in [3.05, 3.63) is 0 Å². The third-order valence-corrected chi connectivity index (χ3v) is 2.41. The van der Waals surface area contributed by atoms with Crippen molar-refractivity contribution >= 4 is 18.4 Å². The van der Waals surface area contributed by atoms with Gasteiger partial charge in [-0.15, -0.1) is 0 Å². The molecule has 1 rings (SSSR count). The molecule has 1 heterocycles. The molecule has 0 unspecified atom stereocenters. The summed E-state index contributed by atoms with van der Waals surface area (Å²) in [6.07, 6.45) is 2.88. The van der Waals surface area contributed by atoms with Gasteiger partial charge in [-0.25, -0.2) is 9.69 Å². The number of hydrogen-bond acceptors (Lipinski definition) is 4. The van der Waals surface area contributed by atoms with Crippen molar-refractivity contribution in [2.75, 3.05) is 13.2 Å². The summed E-state index contributed by atoms with van der Waals surface area (Å²) in [5.74, 6) is -0.417. The maximum Gasteiger partial charge on any atom is 0.416 e. The van der Waals surface area contributed by atoms with E-state index in [1.54, 1.807) is 6.92 Å². The zero-order chi connectivity index (χ0) is 12.0. The first-order chi connectivity index (χ1) is 7.70. The van der Waals surface area contributed by atoms with Crippen molar-refractivity contribution in [1.82, 2.24) is 10.2 Å². The normalized spacial score (nSPS) is 21.2. The van der Waals surface area contributed by atoms with E-state index in [-0.39, 0.29) is 6.61 Å². The summed E-state index contributed by atoms with van der Waals surface area (Å²) in [5.41, 5.74) is 0. The summed E-state index contributed by atoms with van der Waals surface area (Å²) in [4.78, 5) is 34.6. The van der Waals surface area contributed by atoms with Gasteiger partial charge in [-0.3, -0.25) is 9.59 Å². The molecule has 6 heteroatoms. The van der Waals surface area contributed by atoms with Crippen LogP contribution in [0.4, 0.5) is 4.79 Å². The van der Waals surface area contributed by atoms with Crippen LogP contribution in [0.2, 0.25) is 0 Å². The first kappa shape index (κ1) is 12.5. The van der Waals surface area contributed by atoms with Gasteiger partial charge in [0, 0.05) is 6.54 Å². The fraction of sp³-hybridized carbons (Fsp3) is 0.700. The molecule has 6 nitrogen and oxygen atoms in total. The average molecular weight is 227 g/mol. The Morgan fingerprint density at radius 1 is 1.62 bits per heavy atom. The molecule has 0 aliphatic carbocycles. The van der Waals surface area contributed by atoms with Gasteiger partial charge in [0.1, 0.15) is 6.04 Å². The van der Waals surface area contributed by atoms with E-state index >= 15 is 0 Å². The highest BCUT2D eigenvalue weighted by Gasteiger charge is 2.31.